The van der Waals surface area contributed by atoms with Gasteiger partial charge < -0.3 is 10.6 Å². The summed E-state index contributed by atoms with van der Waals surface area (Å²) in [6.07, 6.45) is 5.17. The van der Waals surface area contributed by atoms with Crippen molar-refractivity contribution < 1.29 is 4.79 Å². The number of amides is 1. The molecule has 1 aromatic rings. The molecule has 1 aliphatic heterocycles. The molecule has 0 saturated carbocycles. The Morgan fingerprint density at radius 3 is 2.91 bits per heavy atom. The Balaban J connectivity index is 0.00000242. The molecule has 0 aromatic carbocycles. The van der Waals surface area contributed by atoms with Crippen LogP contribution in [-0.2, 0) is 0 Å². The zero-order valence-electron chi connectivity index (χ0n) is 13.7. The quantitative estimate of drug-likeness (QED) is 0.872. The molecule has 1 saturated heterocycles. The van der Waals surface area contributed by atoms with Gasteiger partial charge in [0.15, 0.2) is 0 Å². The minimum atomic E-state index is -0.0533. The first kappa shape index (κ1) is 18.8. The predicted octanol–water partition coefficient (Wildman–Crippen LogP) is 2.45. The maximum absolute atomic E-state index is 12.3. The first-order valence-electron chi connectivity index (χ1n) is 7.90. The maximum Gasteiger partial charge on any atom is 0.254 e. The van der Waals surface area contributed by atoms with Gasteiger partial charge in [0.25, 0.3) is 5.91 Å². The summed E-state index contributed by atoms with van der Waals surface area (Å²) in [7, 11) is 0. The van der Waals surface area contributed by atoms with Crippen LogP contribution in [0.5, 0.6) is 0 Å². The van der Waals surface area contributed by atoms with Gasteiger partial charge in [-0.25, -0.2) is 9.97 Å². The van der Waals surface area contributed by atoms with Crippen molar-refractivity contribution in [1.82, 2.24) is 20.6 Å². The van der Waals surface area contributed by atoms with Crippen molar-refractivity contribution in [3.8, 4) is 0 Å². The van der Waals surface area contributed by atoms with Gasteiger partial charge in [0.05, 0.1) is 11.3 Å². The Hall–Kier alpha value is -1.20. The zero-order chi connectivity index (χ0) is 15.2. The smallest absolute Gasteiger partial charge is 0.254 e. The number of aryl methyl sites for hydroxylation is 1. The Bertz CT molecular complexity index is 487. The van der Waals surface area contributed by atoms with Crippen molar-refractivity contribution in [2.24, 2.45) is 5.92 Å². The highest BCUT2D eigenvalue weighted by molar-refractivity contribution is 5.95. The fraction of sp³-hybridized carbons (Fsp3) is 0.688. The van der Waals surface area contributed by atoms with Crippen molar-refractivity contribution in [2.75, 3.05) is 19.6 Å². The van der Waals surface area contributed by atoms with E-state index in [-0.39, 0.29) is 24.2 Å². The molecule has 0 bridgehead atoms. The largest absolute Gasteiger partial charge is 0.352 e. The average molecular weight is 327 g/mol. The van der Waals surface area contributed by atoms with Gasteiger partial charge in [-0.3, -0.25) is 4.79 Å². The molecule has 22 heavy (non-hydrogen) atoms. The van der Waals surface area contributed by atoms with Crippen molar-refractivity contribution in [2.45, 2.75) is 46.0 Å². The standard InChI is InChI=1S/C16H26N4O.ClH/c1-11(2)15-14(10-19-12(3)20-15)16(21)18-8-6-13-5-4-7-17-9-13;/h10-11,13,17H,4-9H2,1-3H3,(H,18,21);1H. The first-order valence-corrected chi connectivity index (χ1v) is 7.90. The lowest BCUT2D eigenvalue weighted by atomic mass is 9.96. The summed E-state index contributed by atoms with van der Waals surface area (Å²) in [5.74, 6) is 1.55. The molecule has 124 valence electrons. The van der Waals surface area contributed by atoms with Crippen LogP contribution in [0.25, 0.3) is 0 Å². The Labute approximate surface area is 139 Å². The monoisotopic (exact) mass is 326 g/mol. The highest BCUT2D eigenvalue weighted by Crippen LogP contribution is 2.17. The number of nitrogens with zero attached hydrogens (tertiary/aromatic N) is 2. The number of aromatic nitrogens is 2. The van der Waals surface area contributed by atoms with Crippen LogP contribution in [0.15, 0.2) is 6.20 Å². The predicted molar refractivity (Wildman–Crippen MR) is 90.6 cm³/mol. The number of halogens is 1. The number of carbonyl (C=O) groups excluding carboxylic acids is 1. The molecule has 0 spiro atoms. The minimum Gasteiger partial charge on any atom is -0.352 e. The van der Waals surface area contributed by atoms with Crippen LogP contribution in [0.2, 0.25) is 0 Å². The van der Waals surface area contributed by atoms with Crippen molar-refractivity contribution in [1.29, 1.82) is 0 Å². The van der Waals surface area contributed by atoms with Gasteiger partial charge in [0.2, 0.25) is 0 Å². The number of carbonyl (C=O) groups is 1. The molecular weight excluding hydrogens is 300 g/mol. The summed E-state index contributed by atoms with van der Waals surface area (Å²) >= 11 is 0. The molecule has 1 unspecified atom stereocenters. The van der Waals surface area contributed by atoms with Gasteiger partial charge in [0, 0.05) is 12.7 Å². The average Bonchev–Trinajstić information content (AvgIpc) is 2.48. The van der Waals surface area contributed by atoms with Gasteiger partial charge >= 0.3 is 0 Å². The first-order chi connectivity index (χ1) is 10.1. The summed E-state index contributed by atoms with van der Waals surface area (Å²) in [5.41, 5.74) is 1.44. The lowest BCUT2D eigenvalue weighted by Crippen LogP contribution is -2.33. The number of hydrogen-bond donors (Lipinski definition) is 2. The van der Waals surface area contributed by atoms with Gasteiger partial charge in [0.1, 0.15) is 5.82 Å². The summed E-state index contributed by atoms with van der Waals surface area (Å²) < 4.78 is 0. The van der Waals surface area contributed by atoms with E-state index in [1.807, 2.05) is 20.8 Å². The molecule has 1 aliphatic rings. The maximum atomic E-state index is 12.3. The molecule has 2 N–H and O–H groups in total. The number of piperidine rings is 1. The van der Waals surface area contributed by atoms with E-state index in [4.69, 9.17) is 0 Å². The number of nitrogens with one attached hydrogen (secondary N) is 2. The fourth-order valence-electron chi connectivity index (χ4n) is 2.76. The van der Waals surface area contributed by atoms with E-state index in [2.05, 4.69) is 20.6 Å². The second-order valence-electron chi connectivity index (χ2n) is 6.13. The van der Waals surface area contributed by atoms with Crippen LogP contribution in [0.4, 0.5) is 0 Å². The molecule has 6 heteroatoms. The van der Waals surface area contributed by atoms with Crippen LogP contribution in [0.1, 0.15) is 60.9 Å². The van der Waals surface area contributed by atoms with E-state index < -0.39 is 0 Å². The third-order valence-corrected chi connectivity index (χ3v) is 3.97. The fourth-order valence-corrected chi connectivity index (χ4v) is 2.76. The summed E-state index contributed by atoms with van der Waals surface area (Å²) in [4.78, 5) is 20.9. The lowest BCUT2D eigenvalue weighted by molar-refractivity contribution is 0.0948. The third kappa shape index (κ3) is 5.21. The molecule has 0 aliphatic carbocycles. The van der Waals surface area contributed by atoms with Gasteiger partial charge in [-0.15, -0.1) is 12.4 Å². The van der Waals surface area contributed by atoms with E-state index in [9.17, 15) is 4.79 Å². The van der Waals surface area contributed by atoms with Crippen molar-refractivity contribution in [3.05, 3.63) is 23.3 Å². The minimum absolute atomic E-state index is 0. The van der Waals surface area contributed by atoms with Crippen molar-refractivity contribution in [3.63, 3.8) is 0 Å². The molecule has 1 amide bonds. The molecule has 1 fully saturated rings. The SMILES string of the molecule is Cc1ncc(C(=O)NCCC2CCCNC2)c(C(C)C)n1.Cl. The third-order valence-electron chi connectivity index (χ3n) is 3.97. The molecule has 0 radical (unpaired) electrons. The van der Waals surface area contributed by atoms with E-state index in [0.29, 0.717) is 17.3 Å². The van der Waals surface area contributed by atoms with Gasteiger partial charge in [-0.2, -0.15) is 0 Å². The molecule has 1 atom stereocenters. The van der Waals surface area contributed by atoms with Gasteiger partial charge in [-0.1, -0.05) is 13.8 Å². The van der Waals surface area contributed by atoms with Crippen molar-refractivity contribution >= 4 is 18.3 Å². The van der Waals surface area contributed by atoms with E-state index in [0.717, 1.165) is 31.7 Å². The van der Waals surface area contributed by atoms with Crippen LogP contribution in [0, 0.1) is 12.8 Å². The summed E-state index contributed by atoms with van der Waals surface area (Å²) in [6, 6.07) is 0. The topological polar surface area (TPSA) is 66.9 Å². The molecule has 2 heterocycles. The molecule has 1 aromatic heterocycles. The molecule has 5 nitrogen and oxygen atoms in total. The molecule has 2 rings (SSSR count). The van der Waals surface area contributed by atoms with E-state index >= 15 is 0 Å². The summed E-state index contributed by atoms with van der Waals surface area (Å²) in [5, 5.41) is 6.42. The van der Waals surface area contributed by atoms with E-state index in [1.54, 1.807) is 6.20 Å². The normalized spacial score (nSPS) is 17.9. The second kappa shape index (κ2) is 9.06. The van der Waals surface area contributed by atoms with E-state index in [1.165, 1.54) is 12.8 Å². The van der Waals surface area contributed by atoms with Gasteiger partial charge in [-0.05, 0) is 51.1 Å². The van der Waals surface area contributed by atoms with Crippen LogP contribution in [0.3, 0.4) is 0 Å². The Kier molecular flexibility index (Phi) is 7.76. The zero-order valence-corrected chi connectivity index (χ0v) is 14.5. The molecular formula is C16H27ClN4O. The number of hydrogen-bond acceptors (Lipinski definition) is 4. The summed E-state index contributed by atoms with van der Waals surface area (Å²) in [6.45, 7) is 8.86. The number of rotatable bonds is 5. The second-order valence-corrected chi connectivity index (χ2v) is 6.13. The Morgan fingerprint density at radius 1 is 1.50 bits per heavy atom. The highest BCUT2D eigenvalue weighted by atomic mass is 35.5. The van der Waals surface area contributed by atoms with Crippen LogP contribution >= 0.6 is 12.4 Å². The van der Waals surface area contributed by atoms with Crippen LogP contribution in [-0.4, -0.2) is 35.5 Å². The Morgan fingerprint density at radius 2 is 2.27 bits per heavy atom. The lowest BCUT2D eigenvalue weighted by Gasteiger charge is -2.22. The highest BCUT2D eigenvalue weighted by Gasteiger charge is 2.17. The van der Waals surface area contributed by atoms with Crippen LogP contribution < -0.4 is 10.6 Å².